The second-order valence-electron chi connectivity index (χ2n) is 6.07. The number of aromatic amines is 1. The molecule has 0 spiro atoms. The van der Waals surface area contributed by atoms with Crippen molar-refractivity contribution in [2.75, 3.05) is 5.75 Å². The molecule has 0 unspecified atom stereocenters. The smallest absolute Gasteiger partial charge is 0.269 e. The normalized spacial score (nSPS) is 10.5. The van der Waals surface area contributed by atoms with Gasteiger partial charge in [0.25, 0.3) is 5.91 Å². The van der Waals surface area contributed by atoms with Gasteiger partial charge in [0.05, 0.1) is 11.4 Å². The van der Waals surface area contributed by atoms with E-state index >= 15 is 0 Å². The van der Waals surface area contributed by atoms with Crippen molar-refractivity contribution in [2.24, 2.45) is 0 Å². The number of hydrogen-bond acceptors (Lipinski definition) is 4. The van der Waals surface area contributed by atoms with Crippen LogP contribution in [-0.2, 0) is 11.2 Å². The van der Waals surface area contributed by atoms with Crippen LogP contribution in [0.1, 0.15) is 27.3 Å². The number of carbonyl (C=O) groups is 2. The van der Waals surface area contributed by atoms with Gasteiger partial charge in [-0.25, -0.2) is 4.98 Å². The number of H-pyrrole nitrogens is 1. The Morgan fingerprint density at radius 3 is 2.50 bits per heavy atom. The number of rotatable bonds is 6. The second kappa shape index (κ2) is 9.43. The van der Waals surface area contributed by atoms with E-state index in [0.717, 1.165) is 17.8 Å². The largest absolute Gasteiger partial charge is 0.337 e. The van der Waals surface area contributed by atoms with Crippen LogP contribution >= 0.6 is 23.4 Å². The number of hydrazine groups is 1. The van der Waals surface area contributed by atoms with E-state index < -0.39 is 5.91 Å². The Balaban J connectivity index is 1.47. The molecular weight excluding hydrogens is 396 g/mol. The molecule has 0 aliphatic carbocycles. The molecular formula is C20H19ClN4O2S. The van der Waals surface area contributed by atoms with E-state index in [9.17, 15) is 9.59 Å². The third-order valence-corrected chi connectivity index (χ3v) is 5.07. The van der Waals surface area contributed by atoms with Gasteiger partial charge in [-0.15, -0.1) is 0 Å². The number of carbonyl (C=O) groups excluding carboxylic acids is 2. The third-order valence-electron chi connectivity index (χ3n) is 3.94. The monoisotopic (exact) mass is 414 g/mol. The lowest BCUT2D eigenvalue weighted by atomic mass is 10.1. The van der Waals surface area contributed by atoms with Crippen LogP contribution < -0.4 is 10.9 Å². The first-order valence-electron chi connectivity index (χ1n) is 8.58. The predicted molar refractivity (Wildman–Crippen MR) is 110 cm³/mol. The fourth-order valence-electron chi connectivity index (χ4n) is 2.47. The van der Waals surface area contributed by atoms with E-state index in [0.29, 0.717) is 15.7 Å². The number of nitrogens with zero attached hydrogens (tertiary/aromatic N) is 1. The van der Waals surface area contributed by atoms with Gasteiger partial charge in [-0.3, -0.25) is 20.4 Å². The molecule has 3 N–H and O–H groups in total. The van der Waals surface area contributed by atoms with Crippen molar-refractivity contribution >= 4 is 35.2 Å². The van der Waals surface area contributed by atoms with Crippen LogP contribution in [0.4, 0.5) is 0 Å². The summed E-state index contributed by atoms with van der Waals surface area (Å²) in [7, 11) is 0. The maximum absolute atomic E-state index is 12.0. The van der Waals surface area contributed by atoms with Gasteiger partial charge in [0, 0.05) is 22.7 Å². The van der Waals surface area contributed by atoms with Crippen LogP contribution in [0.25, 0.3) is 0 Å². The minimum atomic E-state index is -0.408. The van der Waals surface area contributed by atoms with E-state index in [-0.39, 0.29) is 11.7 Å². The predicted octanol–water partition coefficient (Wildman–Crippen LogP) is 3.52. The Labute approximate surface area is 172 Å². The van der Waals surface area contributed by atoms with Gasteiger partial charge < -0.3 is 4.98 Å². The highest BCUT2D eigenvalue weighted by atomic mass is 35.5. The van der Waals surface area contributed by atoms with Gasteiger partial charge in [-0.2, -0.15) is 0 Å². The Hall–Kier alpha value is -2.77. The summed E-state index contributed by atoms with van der Waals surface area (Å²) in [5, 5.41) is 1.21. The lowest BCUT2D eigenvalue weighted by Crippen LogP contribution is -2.42. The molecule has 2 aromatic carbocycles. The topological polar surface area (TPSA) is 86.9 Å². The molecule has 0 bridgehead atoms. The molecule has 3 aromatic rings. The highest BCUT2D eigenvalue weighted by Gasteiger charge is 2.11. The maximum Gasteiger partial charge on any atom is 0.269 e. The number of aryl methyl sites for hydroxylation is 1. The van der Waals surface area contributed by atoms with Crippen molar-refractivity contribution in [3.05, 3.63) is 82.1 Å². The van der Waals surface area contributed by atoms with Crippen LogP contribution in [0.15, 0.2) is 59.8 Å². The van der Waals surface area contributed by atoms with Crippen LogP contribution in [0, 0.1) is 6.92 Å². The van der Waals surface area contributed by atoms with Crippen molar-refractivity contribution < 1.29 is 9.59 Å². The number of thioether (sulfide) groups is 1. The Kier molecular flexibility index (Phi) is 6.73. The van der Waals surface area contributed by atoms with Gasteiger partial charge >= 0.3 is 0 Å². The minimum Gasteiger partial charge on any atom is -0.337 e. The van der Waals surface area contributed by atoms with Crippen LogP contribution in [0.2, 0.25) is 5.02 Å². The number of hydrogen-bond donors (Lipinski definition) is 3. The van der Waals surface area contributed by atoms with E-state index in [1.165, 1.54) is 17.3 Å². The zero-order chi connectivity index (χ0) is 19.9. The highest BCUT2D eigenvalue weighted by Crippen LogP contribution is 2.18. The molecule has 2 amide bonds. The molecule has 6 nitrogen and oxygen atoms in total. The summed E-state index contributed by atoms with van der Waals surface area (Å²) < 4.78 is 0. The molecule has 0 aliphatic heterocycles. The molecule has 3 rings (SSSR count). The maximum atomic E-state index is 12.0. The van der Waals surface area contributed by atoms with Gasteiger partial charge in [-0.1, -0.05) is 53.7 Å². The SMILES string of the molecule is Cc1[nH]c(SCC(=O)NNC(=O)c2ccc(Cl)cc2)nc1Cc1ccccc1. The molecule has 8 heteroatoms. The van der Waals surface area contributed by atoms with Crippen LogP contribution in [-0.4, -0.2) is 27.5 Å². The summed E-state index contributed by atoms with van der Waals surface area (Å²) in [6, 6.07) is 16.5. The highest BCUT2D eigenvalue weighted by molar-refractivity contribution is 7.99. The Morgan fingerprint density at radius 1 is 1.07 bits per heavy atom. The summed E-state index contributed by atoms with van der Waals surface area (Å²) in [4.78, 5) is 31.7. The fourth-order valence-corrected chi connectivity index (χ4v) is 3.33. The van der Waals surface area contributed by atoms with Crippen molar-refractivity contribution in [3.8, 4) is 0 Å². The zero-order valence-electron chi connectivity index (χ0n) is 15.2. The third kappa shape index (κ3) is 5.61. The van der Waals surface area contributed by atoms with E-state index in [4.69, 9.17) is 11.6 Å². The molecule has 28 heavy (non-hydrogen) atoms. The summed E-state index contributed by atoms with van der Waals surface area (Å²) in [6.07, 6.45) is 0.729. The van der Waals surface area contributed by atoms with Crippen molar-refractivity contribution in [3.63, 3.8) is 0 Å². The molecule has 0 saturated heterocycles. The molecule has 1 heterocycles. The van der Waals surface area contributed by atoms with Crippen LogP contribution in [0.3, 0.4) is 0 Å². The van der Waals surface area contributed by atoms with E-state index in [2.05, 4.69) is 33.0 Å². The Bertz CT molecular complexity index is 958. The summed E-state index contributed by atoms with van der Waals surface area (Å²) in [5.41, 5.74) is 8.28. The molecule has 0 radical (unpaired) electrons. The molecule has 0 fully saturated rings. The number of amides is 2. The quantitative estimate of drug-likeness (QED) is 0.425. The summed E-state index contributed by atoms with van der Waals surface area (Å²) in [5.74, 6) is -0.612. The van der Waals surface area contributed by atoms with E-state index in [1.54, 1.807) is 24.3 Å². The lowest BCUT2D eigenvalue weighted by Gasteiger charge is -2.06. The minimum absolute atomic E-state index is 0.124. The average molecular weight is 415 g/mol. The summed E-state index contributed by atoms with van der Waals surface area (Å²) >= 11 is 7.06. The number of imidazole rings is 1. The van der Waals surface area contributed by atoms with E-state index in [1.807, 2.05) is 25.1 Å². The van der Waals surface area contributed by atoms with Crippen molar-refractivity contribution in [2.45, 2.75) is 18.5 Å². The van der Waals surface area contributed by atoms with Gasteiger partial charge in [0.2, 0.25) is 5.91 Å². The molecule has 1 aromatic heterocycles. The molecule has 0 saturated carbocycles. The first-order chi connectivity index (χ1) is 13.5. The summed E-state index contributed by atoms with van der Waals surface area (Å²) in [6.45, 7) is 1.96. The van der Waals surface area contributed by atoms with Gasteiger partial charge in [-0.05, 0) is 36.8 Å². The van der Waals surface area contributed by atoms with Gasteiger partial charge in [0.1, 0.15) is 0 Å². The number of benzene rings is 2. The van der Waals surface area contributed by atoms with Crippen LogP contribution in [0.5, 0.6) is 0 Å². The first-order valence-corrected chi connectivity index (χ1v) is 9.94. The molecule has 0 atom stereocenters. The molecule has 0 aliphatic rings. The fraction of sp³-hybridized carbons (Fsp3) is 0.150. The lowest BCUT2D eigenvalue weighted by molar-refractivity contribution is -0.119. The van der Waals surface area contributed by atoms with Crippen molar-refractivity contribution in [1.29, 1.82) is 0 Å². The average Bonchev–Trinajstić information content (AvgIpc) is 3.05. The number of nitrogens with one attached hydrogen (secondary N) is 3. The van der Waals surface area contributed by atoms with Crippen molar-refractivity contribution in [1.82, 2.24) is 20.8 Å². The standard InChI is InChI=1S/C20H19ClN4O2S/c1-13-17(11-14-5-3-2-4-6-14)23-20(22-13)28-12-18(26)24-25-19(27)15-7-9-16(21)10-8-15/h2-10H,11-12H2,1H3,(H,22,23)(H,24,26)(H,25,27). The second-order valence-corrected chi connectivity index (χ2v) is 7.47. The number of halogens is 1. The zero-order valence-corrected chi connectivity index (χ0v) is 16.7. The Morgan fingerprint density at radius 2 is 1.79 bits per heavy atom. The van der Waals surface area contributed by atoms with Gasteiger partial charge in [0.15, 0.2) is 5.16 Å². The number of aromatic nitrogens is 2. The molecule has 144 valence electrons. The first kappa shape index (κ1) is 20.0.